The van der Waals surface area contributed by atoms with E-state index in [2.05, 4.69) is 19.9 Å². The van der Waals surface area contributed by atoms with E-state index in [0.717, 1.165) is 11.3 Å². The van der Waals surface area contributed by atoms with Gasteiger partial charge in [0.2, 0.25) is 5.88 Å². The number of morpholine rings is 1. The van der Waals surface area contributed by atoms with Gasteiger partial charge in [-0.2, -0.15) is 0 Å². The molecule has 1 aliphatic rings. The fraction of sp³-hybridized carbons (Fsp3) is 0.250. The molecule has 0 bridgehead atoms. The van der Waals surface area contributed by atoms with E-state index in [9.17, 15) is 4.39 Å². The van der Waals surface area contributed by atoms with E-state index in [1.54, 1.807) is 31.6 Å². The zero-order chi connectivity index (χ0) is 22.9. The molecule has 1 saturated heterocycles. The summed E-state index contributed by atoms with van der Waals surface area (Å²) in [5.74, 6) is 0.754. The molecule has 1 aromatic carbocycles. The van der Waals surface area contributed by atoms with E-state index in [-0.39, 0.29) is 6.10 Å². The van der Waals surface area contributed by atoms with Crippen LogP contribution in [0.5, 0.6) is 5.88 Å². The molecule has 1 aliphatic heterocycles. The van der Waals surface area contributed by atoms with Gasteiger partial charge in [-0.1, -0.05) is 11.6 Å². The number of hydrogen-bond acceptors (Lipinski definition) is 7. The van der Waals surface area contributed by atoms with Gasteiger partial charge in [0, 0.05) is 48.2 Å². The molecule has 0 spiro atoms. The number of nitrogens with zero attached hydrogens (tertiary/aromatic N) is 5. The van der Waals surface area contributed by atoms with E-state index in [1.165, 1.54) is 6.07 Å². The van der Waals surface area contributed by atoms with Crippen LogP contribution in [0.1, 0.15) is 17.4 Å². The highest BCUT2D eigenvalue weighted by molar-refractivity contribution is 6.30. The number of anilines is 1. The summed E-state index contributed by atoms with van der Waals surface area (Å²) in [7, 11) is 1.58. The number of benzene rings is 1. The van der Waals surface area contributed by atoms with Gasteiger partial charge < -0.3 is 14.4 Å². The molecule has 0 radical (unpaired) electrons. The summed E-state index contributed by atoms with van der Waals surface area (Å²) in [5.41, 5.74) is 3.68. The van der Waals surface area contributed by atoms with Crippen LogP contribution in [0.15, 0.2) is 48.8 Å². The number of methoxy groups -OCH3 is 1. The van der Waals surface area contributed by atoms with E-state index >= 15 is 0 Å². The molecule has 9 heteroatoms. The van der Waals surface area contributed by atoms with Crippen LogP contribution >= 0.6 is 11.6 Å². The Kier molecular flexibility index (Phi) is 5.78. The molecular formula is C24H21ClFN5O2. The molecule has 4 heterocycles. The van der Waals surface area contributed by atoms with Gasteiger partial charge in [-0.25, -0.2) is 19.3 Å². The first kappa shape index (κ1) is 21.5. The minimum Gasteiger partial charge on any atom is -0.481 e. The maximum Gasteiger partial charge on any atom is 0.213 e. The van der Waals surface area contributed by atoms with Crippen LogP contribution in [0, 0.1) is 12.7 Å². The van der Waals surface area contributed by atoms with Crippen molar-refractivity contribution in [2.45, 2.75) is 13.0 Å². The van der Waals surface area contributed by atoms with Gasteiger partial charge >= 0.3 is 0 Å². The highest BCUT2D eigenvalue weighted by Gasteiger charge is 2.25. The van der Waals surface area contributed by atoms with Crippen LogP contribution in [0.25, 0.3) is 22.3 Å². The minimum atomic E-state index is -0.459. The molecular weight excluding hydrogens is 445 g/mol. The Hall–Kier alpha value is -3.36. The summed E-state index contributed by atoms with van der Waals surface area (Å²) in [6.07, 6.45) is 3.17. The topological polar surface area (TPSA) is 73.3 Å². The zero-order valence-corrected chi connectivity index (χ0v) is 18.9. The lowest BCUT2D eigenvalue weighted by Gasteiger charge is -2.34. The Balaban J connectivity index is 1.57. The monoisotopic (exact) mass is 465 g/mol. The number of ether oxygens (including phenoxy) is 2. The molecule has 1 fully saturated rings. The molecule has 7 nitrogen and oxygen atoms in total. The van der Waals surface area contributed by atoms with Crippen molar-refractivity contribution >= 4 is 28.5 Å². The Labute approximate surface area is 195 Å². The normalized spacial score (nSPS) is 16.2. The third-order valence-corrected chi connectivity index (χ3v) is 5.79. The van der Waals surface area contributed by atoms with Crippen molar-refractivity contribution in [3.8, 4) is 17.1 Å². The number of hydrogen-bond donors (Lipinski definition) is 0. The summed E-state index contributed by atoms with van der Waals surface area (Å²) in [6, 6.07) is 10.2. The van der Waals surface area contributed by atoms with Crippen molar-refractivity contribution in [3.05, 3.63) is 70.9 Å². The third kappa shape index (κ3) is 4.31. The van der Waals surface area contributed by atoms with Crippen molar-refractivity contribution in [2.75, 3.05) is 31.7 Å². The van der Waals surface area contributed by atoms with Gasteiger partial charge in [-0.05, 0) is 36.8 Å². The van der Waals surface area contributed by atoms with Crippen LogP contribution in [0.3, 0.4) is 0 Å². The van der Waals surface area contributed by atoms with Crippen LogP contribution in [-0.4, -0.2) is 46.7 Å². The van der Waals surface area contributed by atoms with Crippen LogP contribution in [-0.2, 0) is 4.74 Å². The number of pyridine rings is 2. The van der Waals surface area contributed by atoms with Crippen molar-refractivity contribution in [3.63, 3.8) is 0 Å². The summed E-state index contributed by atoms with van der Waals surface area (Å²) < 4.78 is 26.1. The minimum absolute atomic E-state index is 0.188. The Morgan fingerprint density at radius 2 is 2.03 bits per heavy atom. The van der Waals surface area contributed by atoms with E-state index in [4.69, 9.17) is 26.1 Å². The van der Waals surface area contributed by atoms with Crippen molar-refractivity contribution in [1.82, 2.24) is 19.9 Å². The van der Waals surface area contributed by atoms with Crippen LogP contribution < -0.4 is 9.64 Å². The molecule has 168 valence electrons. The SMILES string of the molecule is COc1cc(C2CN(c3cc4nc(C)cnc4c(-c4ccc(Cl)cc4F)n3)CCO2)ccn1. The van der Waals surface area contributed by atoms with Crippen LogP contribution in [0.4, 0.5) is 10.2 Å². The standard InChI is InChI=1S/C24H21ClFN5O2/c1-14-12-28-24-19(29-14)11-21(30-23(24)17-4-3-16(25)10-18(17)26)31-7-8-33-20(13-31)15-5-6-27-22(9-15)32-2/h3-6,9-12,20H,7-8,13H2,1-2H3. The van der Waals surface area contributed by atoms with Gasteiger partial charge in [-0.3, -0.25) is 4.98 Å². The van der Waals surface area contributed by atoms with Gasteiger partial charge in [0.1, 0.15) is 28.9 Å². The summed E-state index contributed by atoms with van der Waals surface area (Å²) in [4.78, 5) is 20.2. The van der Waals surface area contributed by atoms with Gasteiger partial charge in [0.15, 0.2) is 0 Å². The van der Waals surface area contributed by atoms with Crippen molar-refractivity contribution in [1.29, 1.82) is 0 Å². The number of aryl methyl sites for hydroxylation is 1. The van der Waals surface area contributed by atoms with E-state index in [1.807, 2.05) is 25.1 Å². The molecule has 0 aliphatic carbocycles. The molecule has 1 unspecified atom stereocenters. The highest BCUT2D eigenvalue weighted by atomic mass is 35.5. The maximum absolute atomic E-state index is 14.8. The first-order valence-electron chi connectivity index (χ1n) is 10.5. The largest absolute Gasteiger partial charge is 0.481 e. The quantitative estimate of drug-likeness (QED) is 0.429. The number of rotatable bonds is 4. The molecule has 0 N–H and O–H groups in total. The predicted octanol–water partition coefficient (Wildman–Crippen LogP) is 4.77. The lowest BCUT2D eigenvalue weighted by atomic mass is 10.1. The van der Waals surface area contributed by atoms with E-state index in [0.29, 0.717) is 58.7 Å². The molecule has 0 amide bonds. The average molecular weight is 466 g/mol. The summed E-state index contributed by atoms with van der Waals surface area (Å²) >= 11 is 5.97. The van der Waals surface area contributed by atoms with Crippen molar-refractivity contribution in [2.24, 2.45) is 0 Å². The Morgan fingerprint density at radius 3 is 2.85 bits per heavy atom. The second kappa shape index (κ2) is 8.88. The molecule has 3 aromatic heterocycles. The molecule has 4 aromatic rings. The fourth-order valence-electron chi connectivity index (χ4n) is 3.93. The summed E-state index contributed by atoms with van der Waals surface area (Å²) in [5, 5.41) is 0.322. The Bertz CT molecular complexity index is 1340. The third-order valence-electron chi connectivity index (χ3n) is 5.55. The van der Waals surface area contributed by atoms with Gasteiger partial charge in [-0.15, -0.1) is 0 Å². The predicted molar refractivity (Wildman–Crippen MR) is 124 cm³/mol. The lowest BCUT2D eigenvalue weighted by Crippen LogP contribution is -2.39. The summed E-state index contributed by atoms with van der Waals surface area (Å²) in [6.45, 7) is 3.59. The molecule has 0 saturated carbocycles. The average Bonchev–Trinajstić information content (AvgIpc) is 2.83. The maximum atomic E-state index is 14.8. The van der Waals surface area contributed by atoms with Gasteiger partial charge in [0.25, 0.3) is 0 Å². The first-order valence-corrected chi connectivity index (χ1v) is 10.9. The van der Waals surface area contributed by atoms with Crippen LogP contribution in [0.2, 0.25) is 5.02 Å². The van der Waals surface area contributed by atoms with E-state index < -0.39 is 5.82 Å². The number of halogens is 2. The number of aromatic nitrogens is 4. The first-order chi connectivity index (χ1) is 16.0. The second-order valence-electron chi connectivity index (χ2n) is 7.77. The smallest absolute Gasteiger partial charge is 0.213 e. The van der Waals surface area contributed by atoms with Gasteiger partial charge in [0.05, 0.1) is 24.9 Å². The molecule has 5 rings (SSSR count). The zero-order valence-electron chi connectivity index (χ0n) is 18.1. The highest BCUT2D eigenvalue weighted by Crippen LogP contribution is 2.33. The lowest BCUT2D eigenvalue weighted by molar-refractivity contribution is 0.0393. The Morgan fingerprint density at radius 1 is 1.15 bits per heavy atom. The van der Waals surface area contributed by atoms with Crippen molar-refractivity contribution < 1.29 is 13.9 Å². The molecule has 1 atom stereocenters. The second-order valence-corrected chi connectivity index (χ2v) is 8.21. The molecule has 33 heavy (non-hydrogen) atoms. The fourth-order valence-corrected chi connectivity index (χ4v) is 4.09. The number of fused-ring (bicyclic) bond motifs is 1.